The largest absolute Gasteiger partial charge is 0.390 e. The van der Waals surface area contributed by atoms with Gasteiger partial charge in [0.1, 0.15) is 11.3 Å². The van der Waals surface area contributed by atoms with Gasteiger partial charge < -0.3 is 10.2 Å². The summed E-state index contributed by atoms with van der Waals surface area (Å²) in [5, 5.41) is 22.9. The van der Waals surface area contributed by atoms with Gasteiger partial charge in [-0.15, -0.1) is 0 Å². The maximum atomic E-state index is 9.86. The monoisotopic (exact) mass is 320 g/mol. The molecule has 0 saturated carbocycles. The molecule has 92 valence electrons. The number of nitrogens with zero attached hydrogens (tertiary/aromatic N) is 4. The SMILES string of the molecule is [N-]=[N+]=NCCC(O)C(O)c1cc(Br)cnc1Cl. The molecule has 0 aliphatic heterocycles. The number of aliphatic hydroxyl groups is 2. The van der Waals surface area contributed by atoms with E-state index in [0.29, 0.717) is 10.0 Å². The summed E-state index contributed by atoms with van der Waals surface area (Å²) < 4.78 is 0.651. The average Bonchev–Trinajstić information content (AvgIpc) is 2.31. The Morgan fingerprint density at radius 3 is 2.94 bits per heavy atom. The summed E-state index contributed by atoms with van der Waals surface area (Å²) >= 11 is 9.01. The highest BCUT2D eigenvalue weighted by Crippen LogP contribution is 2.27. The van der Waals surface area contributed by atoms with Crippen LogP contribution in [-0.4, -0.2) is 27.8 Å². The molecule has 1 aromatic rings. The summed E-state index contributed by atoms with van der Waals surface area (Å²) in [5.41, 5.74) is 8.42. The number of azide groups is 1. The molecule has 2 atom stereocenters. The molecule has 1 aromatic heterocycles. The Balaban J connectivity index is 2.76. The molecular formula is C9H10BrClN4O2. The van der Waals surface area contributed by atoms with Crippen LogP contribution >= 0.6 is 27.5 Å². The van der Waals surface area contributed by atoms with E-state index in [9.17, 15) is 10.2 Å². The van der Waals surface area contributed by atoms with E-state index in [2.05, 4.69) is 30.9 Å². The minimum atomic E-state index is -1.17. The molecule has 1 rings (SSSR count). The van der Waals surface area contributed by atoms with Crippen molar-refractivity contribution < 1.29 is 10.2 Å². The zero-order valence-electron chi connectivity index (χ0n) is 8.66. The Bertz CT molecular complexity index is 439. The minimum Gasteiger partial charge on any atom is -0.390 e. The number of pyridine rings is 1. The highest BCUT2D eigenvalue weighted by Gasteiger charge is 2.21. The van der Waals surface area contributed by atoms with Crippen LogP contribution in [-0.2, 0) is 0 Å². The van der Waals surface area contributed by atoms with Crippen LogP contribution in [0.1, 0.15) is 18.1 Å². The van der Waals surface area contributed by atoms with E-state index in [4.69, 9.17) is 17.1 Å². The molecule has 0 bridgehead atoms. The molecule has 0 amide bonds. The maximum absolute atomic E-state index is 9.86. The first-order chi connectivity index (χ1) is 8.06. The van der Waals surface area contributed by atoms with Gasteiger partial charge in [-0.25, -0.2) is 4.98 Å². The van der Waals surface area contributed by atoms with E-state index in [0.717, 1.165) is 0 Å². The summed E-state index contributed by atoms with van der Waals surface area (Å²) in [6, 6.07) is 1.58. The fraction of sp³-hybridized carbons (Fsp3) is 0.444. The van der Waals surface area contributed by atoms with Crippen molar-refractivity contribution in [2.45, 2.75) is 18.6 Å². The van der Waals surface area contributed by atoms with Crippen molar-refractivity contribution in [2.75, 3.05) is 6.54 Å². The fourth-order valence-corrected chi connectivity index (χ4v) is 1.81. The second-order valence-corrected chi connectivity index (χ2v) is 4.56. The van der Waals surface area contributed by atoms with E-state index in [1.54, 1.807) is 6.07 Å². The molecule has 8 heteroatoms. The van der Waals surface area contributed by atoms with Crippen LogP contribution < -0.4 is 0 Å². The van der Waals surface area contributed by atoms with Crippen LogP contribution in [0.4, 0.5) is 0 Å². The first-order valence-electron chi connectivity index (χ1n) is 4.74. The molecule has 0 saturated heterocycles. The fourth-order valence-electron chi connectivity index (χ4n) is 1.25. The van der Waals surface area contributed by atoms with Gasteiger partial charge in [0.25, 0.3) is 0 Å². The van der Waals surface area contributed by atoms with E-state index >= 15 is 0 Å². The highest BCUT2D eigenvalue weighted by atomic mass is 79.9. The number of aliphatic hydroxyl groups excluding tert-OH is 2. The van der Waals surface area contributed by atoms with Gasteiger partial charge >= 0.3 is 0 Å². The van der Waals surface area contributed by atoms with Crippen LogP contribution in [0.2, 0.25) is 5.15 Å². The summed E-state index contributed by atoms with van der Waals surface area (Å²) in [5.74, 6) is 0. The number of rotatable bonds is 5. The standard InChI is InChI=1S/C9H10BrClN4O2/c10-5-3-6(9(11)13-4-5)8(17)7(16)1-2-14-15-12/h3-4,7-8,16-17H,1-2H2. The molecule has 2 N–H and O–H groups in total. The predicted molar refractivity (Wildman–Crippen MR) is 66.5 cm³/mol. The molecule has 0 radical (unpaired) electrons. The molecule has 2 unspecified atom stereocenters. The molecule has 0 aliphatic carbocycles. The van der Waals surface area contributed by atoms with Gasteiger partial charge in [0.2, 0.25) is 0 Å². The number of aromatic nitrogens is 1. The third-order valence-electron chi connectivity index (χ3n) is 2.10. The molecule has 0 aliphatic rings. The molecule has 6 nitrogen and oxygen atoms in total. The molecule has 0 aromatic carbocycles. The number of hydrogen-bond acceptors (Lipinski definition) is 4. The van der Waals surface area contributed by atoms with Crippen molar-refractivity contribution in [1.82, 2.24) is 4.98 Å². The average molecular weight is 322 g/mol. The van der Waals surface area contributed by atoms with Crippen molar-refractivity contribution in [3.05, 3.63) is 37.9 Å². The highest BCUT2D eigenvalue weighted by molar-refractivity contribution is 9.10. The second kappa shape index (κ2) is 6.78. The lowest BCUT2D eigenvalue weighted by Gasteiger charge is -2.18. The van der Waals surface area contributed by atoms with Crippen molar-refractivity contribution in [3.63, 3.8) is 0 Å². The van der Waals surface area contributed by atoms with Crippen molar-refractivity contribution >= 4 is 27.5 Å². The lowest BCUT2D eigenvalue weighted by molar-refractivity contribution is 0.0149. The summed E-state index contributed by atoms with van der Waals surface area (Å²) in [7, 11) is 0. The van der Waals surface area contributed by atoms with E-state index < -0.39 is 12.2 Å². The van der Waals surface area contributed by atoms with Crippen molar-refractivity contribution in [1.29, 1.82) is 0 Å². The smallest absolute Gasteiger partial charge is 0.134 e. The Morgan fingerprint density at radius 1 is 1.59 bits per heavy atom. The molecular weight excluding hydrogens is 311 g/mol. The maximum Gasteiger partial charge on any atom is 0.134 e. The van der Waals surface area contributed by atoms with Crippen LogP contribution in [0, 0.1) is 0 Å². The van der Waals surface area contributed by atoms with Crippen LogP contribution in [0.15, 0.2) is 21.9 Å². The Labute approximate surface area is 111 Å². The zero-order chi connectivity index (χ0) is 12.8. The van der Waals surface area contributed by atoms with Gasteiger partial charge in [-0.3, -0.25) is 0 Å². The normalized spacial score (nSPS) is 13.9. The Hall–Kier alpha value is -0.850. The Kier molecular flexibility index (Phi) is 5.67. The van der Waals surface area contributed by atoms with Crippen LogP contribution in [0.25, 0.3) is 10.4 Å². The van der Waals surface area contributed by atoms with Gasteiger partial charge in [-0.05, 0) is 33.9 Å². The van der Waals surface area contributed by atoms with Crippen LogP contribution in [0.3, 0.4) is 0 Å². The first kappa shape index (κ1) is 14.2. The lowest BCUT2D eigenvalue weighted by Crippen LogP contribution is -2.19. The first-order valence-corrected chi connectivity index (χ1v) is 5.91. The van der Waals surface area contributed by atoms with Gasteiger partial charge in [-0.2, -0.15) is 0 Å². The van der Waals surface area contributed by atoms with Crippen molar-refractivity contribution in [3.8, 4) is 0 Å². The lowest BCUT2D eigenvalue weighted by atomic mass is 10.0. The van der Waals surface area contributed by atoms with E-state index in [1.165, 1.54) is 6.20 Å². The molecule has 1 heterocycles. The Morgan fingerprint density at radius 2 is 2.29 bits per heavy atom. The van der Waals surface area contributed by atoms with E-state index in [-0.39, 0.29) is 18.1 Å². The van der Waals surface area contributed by atoms with Gasteiger partial charge in [0, 0.05) is 27.7 Å². The summed E-state index contributed by atoms with van der Waals surface area (Å²) in [6.45, 7) is 0.105. The van der Waals surface area contributed by atoms with E-state index in [1.807, 2.05) is 0 Å². The molecule has 0 fully saturated rings. The quantitative estimate of drug-likeness (QED) is 0.377. The second-order valence-electron chi connectivity index (χ2n) is 3.29. The topological polar surface area (TPSA) is 102 Å². The zero-order valence-corrected chi connectivity index (χ0v) is 11.0. The van der Waals surface area contributed by atoms with Gasteiger partial charge in [0.05, 0.1) is 6.10 Å². The van der Waals surface area contributed by atoms with Crippen LogP contribution in [0.5, 0.6) is 0 Å². The molecule has 0 spiro atoms. The molecule has 17 heavy (non-hydrogen) atoms. The summed E-state index contributed by atoms with van der Waals surface area (Å²) in [6.07, 6.45) is -0.589. The third kappa shape index (κ3) is 4.14. The third-order valence-corrected chi connectivity index (χ3v) is 2.85. The number of hydrogen-bond donors (Lipinski definition) is 2. The minimum absolute atomic E-state index is 0.105. The predicted octanol–water partition coefficient (Wildman–Crippen LogP) is 2.59. The van der Waals surface area contributed by atoms with Gasteiger partial charge in [0.15, 0.2) is 0 Å². The van der Waals surface area contributed by atoms with Gasteiger partial charge in [-0.1, -0.05) is 16.7 Å². The summed E-state index contributed by atoms with van der Waals surface area (Å²) in [4.78, 5) is 6.40. The number of halogens is 2. The van der Waals surface area contributed by atoms with Crippen molar-refractivity contribution in [2.24, 2.45) is 5.11 Å².